The minimum Gasteiger partial charge on any atom is -0.370 e. The lowest BCUT2D eigenvalue weighted by Crippen LogP contribution is -2.74. The summed E-state index contributed by atoms with van der Waals surface area (Å²) in [5.41, 5.74) is 21.6. The van der Waals surface area contributed by atoms with Gasteiger partial charge in [-0.3, -0.25) is 29.0 Å². The molecule has 31 heteroatoms. The first-order valence-corrected chi connectivity index (χ1v) is 17.4. The van der Waals surface area contributed by atoms with Crippen LogP contribution in [0.2, 0.25) is 0 Å². The summed E-state index contributed by atoms with van der Waals surface area (Å²) in [5, 5.41) is 6.31. The number of carbonyl (C=O) groups is 5. The van der Waals surface area contributed by atoms with Gasteiger partial charge in [0.05, 0.1) is 12.6 Å². The van der Waals surface area contributed by atoms with Gasteiger partial charge in [0.2, 0.25) is 29.5 Å². The first-order chi connectivity index (χ1) is 27.5. The number of nitrogens with two attached hydrogens (primary N) is 4. The van der Waals surface area contributed by atoms with Gasteiger partial charge < -0.3 is 43.8 Å². The summed E-state index contributed by atoms with van der Waals surface area (Å²) >= 11 is 0. The second-order valence-electron chi connectivity index (χ2n) is 13.5. The van der Waals surface area contributed by atoms with E-state index in [1.807, 2.05) is 0 Å². The predicted molar refractivity (Wildman–Crippen MR) is 174 cm³/mol. The van der Waals surface area contributed by atoms with Gasteiger partial charge in [-0.05, 0) is 44.9 Å². The third-order valence-electron chi connectivity index (χ3n) is 8.92. The third kappa shape index (κ3) is 12.1. The fourth-order valence-electron chi connectivity index (χ4n) is 5.39. The number of halogens is 17. The molecule has 1 fully saturated rings. The molecule has 354 valence electrons. The standard InChI is InChI=1S/C30H40F17N9O5/c31-23(32,24(33,34)25(35,36)26(37,38)27(39,40)28(41,42)29(43,44)30(45,46)47)9-8-17(57)52-10-2-1-5-14(48)20(60)54-13-18(58)55-15(6-3-11-53-22(50)51)21(61)56-12-4-7-16(56)19(49)59/h14-16H,1-13,48H2,(H2,49,59)(H,52,57)(H,54,60)(H,55,58)(H4,50,51,53)/t14-,15-,16-/m0/s1. The highest BCUT2D eigenvalue weighted by atomic mass is 19.4. The Hall–Kier alpha value is -4.61. The minimum atomic E-state index is -8.76. The molecule has 1 rings (SSSR count). The topological polar surface area (TPSA) is 241 Å². The fraction of sp³-hybridized carbons (Fsp3) is 0.800. The highest BCUT2D eigenvalue weighted by Crippen LogP contribution is 2.64. The van der Waals surface area contributed by atoms with E-state index in [-0.39, 0.29) is 57.6 Å². The number of nitrogens with one attached hydrogen (secondary N) is 3. The summed E-state index contributed by atoms with van der Waals surface area (Å²) in [6.07, 6.45) is -12.4. The van der Waals surface area contributed by atoms with E-state index in [0.717, 1.165) is 0 Å². The number of hydrogen-bond acceptors (Lipinski definition) is 7. The maximum atomic E-state index is 14.1. The molecular formula is C30H40F17N9O5. The van der Waals surface area contributed by atoms with Gasteiger partial charge >= 0.3 is 47.6 Å². The van der Waals surface area contributed by atoms with E-state index in [9.17, 15) is 98.6 Å². The minimum absolute atomic E-state index is 0.00887. The molecule has 14 nitrogen and oxygen atoms in total. The zero-order valence-corrected chi connectivity index (χ0v) is 31.1. The molecule has 0 aromatic carbocycles. The van der Waals surface area contributed by atoms with Crippen LogP contribution in [0.25, 0.3) is 0 Å². The monoisotopic (exact) mass is 929 g/mol. The van der Waals surface area contributed by atoms with E-state index in [1.54, 1.807) is 5.32 Å². The third-order valence-corrected chi connectivity index (χ3v) is 8.92. The lowest BCUT2D eigenvalue weighted by atomic mass is 9.88. The van der Waals surface area contributed by atoms with Crippen LogP contribution in [0.15, 0.2) is 4.99 Å². The molecule has 1 aliphatic heterocycles. The molecular weight excluding hydrogens is 889 g/mol. The van der Waals surface area contributed by atoms with Gasteiger partial charge in [-0.25, -0.2) is 0 Å². The molecule has 0 aromatic rings. The summed E-state index contributed by atoms with van der Waals surface area (Å²) < 4.78 is 228. The Morgan fingerprint density at radius 2 is 1.20 bits per heavy atom. The average Bonchev–Trinajstić information content (AvgIpc) is 3.63. The summed E-state index contributed by atoms with van der Waals surface area (Å²) in [5.74, 6) is -62.7. The Bertz CT molecular complexity index is 1600. The van der Waals surface area contributed by atoms with E-state index in [2.05, 4.69) is 15.6 Å². The number of carbonyl (C=O) groups excluding carboxylic acids is 5. The van der Waals surface area contributed by atoms with Crippen molar-refractivity contribution in [1.82, 2.24) is 20.9 Å². The number of nitrogens with zero attached hydrogens (tertiary/aromatic N) is 2. The molecule has 1 heterocycles. The maximum Gasteiger partial charge on any atom is 0.460 e. The SMILES string of the molecule is NC(=O)[C@@H]1CCCN1C(=O)[C@H](CCCN=C(N)N)NC(=O)CNC(=O)[C@@H](N)CCCCNC(=O)CCC(F)(F)C(F)(F)C(F)(F)C(F)(F)C(F)(F)C(F)(F)C(F)(F)C(F)(F)F. The number of guanidine groups is 1. The smallest absolute Gasteiger partial charge is 0.370 e. The van der Waals surface area contributed by atoms with Gasteiger partial charge in [0, 0.05) is 32.5 Å². The quantitative estimate of drug-likeness (QED) is 0.0328. The molecule has 61 heavy (non-hydrogen) atoms. The summed E-state index contributed by atoms with van der Waals surface area (Å²) in [4.78, 5) is 66.7. The molecule has 0 aromatic heterocycles. The van der Waals surface area contributed by atoms with Gasteiger partial charge in [0.15, 0.2) is 5.96 Å². The van der Waals surface area contributed by atoms with Crippen LogP contribution in [0.3, 0.4) is 0 Å². The van der Waals surface area contributed by atoms with E-state index in [4.69, 9.17) is 22.9 Å². The molecule has 11 N–H and O–H groups in total. The van der Waals surface area contributed by atoms with Crippen molar-refractivity contribution in [3.63, 3.8) is 0 Å². The number of amides is 5. The average molecular weight is 930 g/mol. The van der Waals surface area contributed by atoms with Gasteiger partial charge in [-0.1, -0.05) is 0 Å². The second-order valence-corrected chi connectivity index (χ2v) is 13.5. The Kier molecular flexibility index (Phi) is 17.9. The lowest BCUT2D eigenvalue weighted by Gasteiger charge is -2.42. The molecule has 3 atom stereocenters. The van der Waals surface area contributed by atoms with E-state index >= 15 is 0 Å². The molecule has 0 radical (unpaired) electrons. The van der Waals surface area contributed by atoms with Crippen molar-refractivity contribution in [3.8, 4) is 0 Å². The van der Waals surface area contributed by atoms with Crippen LogP contribution in [0, 0.1) is 0 Å². The summed E-state index contributed by atoms with van der Waals surface area (Å²) in [6, 6.07) is -3.50. The van der Waals surface area contributed by atoms with Crippen LogP contribution in [0.4, 0.5) is 74.6 Å². The van der Waals surface area contributed by atoms with Crippen LogP contribution in [-0.2, 0) is 24.0 Å². The molecule has 5 amide bonds. The second kappa shape index (κ2) is 20.1. The number of hydrogen-bond donors (Lipinski definition) is 7. The van der Waals surface area contributed by atoms with Gasteiger partial charge in [0.25, 0.3) is 0 Å². The number of likely N-dealkylation sites (tertiary alicyclic amines) is 1. The van der Waals surface area contributed by atoms with Crippen molar-refractivity contribution >= 4 is 35.5 Å². The van der Waals surface area contributed by atoms with Crippen LogP contribution < -0.4 is 38.9 Å². The zero-order valence-electron chi connectivity index (χ0n) is 31.1. The zero-order chi connectivity index (χ0) is 47.8. The lowest BCUT2D eigenvalue weighted by molar-refractivity contribution is -0.461. The first kappa shape index (κ1) is 54.4. The first-order valence-electron chi connectivity index (χ1n) is 17.4. The Morgan fingerprint density at radius 1 is 0.672 bits per heavy atom. The Balaban J connectivity index is 2.73. The van der Waals surface area contributed by atoms with Gasteiger partial charge in [0.1, 0.15) is 12.1 Å². The number of alkyl halides is 17. The number of rotatable bonds is 24. The van der Waals surface area contributed by atoms with Crippen LogP contribution in [-0.4, -0.2) is 132 Å². The highest BCUT2D eigenvalue weighted by Gasteiger charge is 2.95. The molecule has 1 saturated heterocycles. The summed E-state index contributed by atoms with van der Waals surface area (Å²) in [6.45, 7) is -1.08. The molecule has 1 aliphatic rings. The number of aliphatic imine (C=N–C) groups is 1. The van der Waals surface area contributed by atoms with Crippen molar-refractivity contribution in [2.24, 2.45) is 27.9 Å². The molecule has 0 bridgehead atoms. The Morgan fingerprint density at radius 3 is 1.70 bits per heavy atom. The maximum absolute atomic E-state index is 14.1. The van der Waals surface area contributed by atoms with Crippen molar-refractivity contribution in [2.45, 2.75) is 124 Å². The molecule has 0 saturated carbocycles. The largest absolute Gasteiger partial charge is 0.460 e. The van der Waals surface area contributed by atoms with Crippen molar-refractivity contribution in [2.75, 3.05) is 26.2 Å². The van der Waals surface area contributed by atoms with Crippen molar-refractivity contribution in [3.05, 3.63) is 0 Å². The highest BCUT2D eigenvalue weighted by molar-refractivity contribution is 5.93. The van der Waals surface area contributed by atoms with E-state index in [1.165, 1.54) is 4.90 Å². The molecule has 0 aliphatic carbocycles. The van der Waals surface area contributed by atoms with E-state index in [0.29, 0.717) is 6.42 Å². The van der Waals surface area contributed by atoms with Crippen LogP contribution in [0.1, 0.15) is 57.8 Å². The van der Waals surface area contributed by atoms with Crippen LogP contribution in [0.5, 0.6) is 0 Å². The fourth-order valence-corrected chi connectivity index (χ4v) is 5.39. The van der Waals surface area contributed by atoms with Crippen molar-refractivity contribution in [1.29, 1.82) is 0 Å². The Labute approximate surface area is 333 Å². The number of primary amides is 1. The van der Waals surface area contributed by atoms with Crippen LogP contribution >= 0.6 is 0 Å². The van der Waals surface area contributed by atoms with Crippen molar-refractivity contribution < 1.29 is 98.6 Å². The number of unbranched alkanes of at least 4 members (excludes halogenated alkanes) is 1. The molecule has 0 unspecified atom stereocenters. The predicted octanol–water partition coefficient (Wildman–Crippen LogP) is 2.52. The summed E-state index contributed by atoms with van der Waals surface area (Å²) in [7, 11) is 0. The van der Waals surface area contributed by atoms with Gasteiger partial charge in [-0.15, -0.1) is 0 Å². The molecule has 0 spiro atoms. The van der Waals surface area contributed by atoms with E-state index < -0.39 is 121 Å². The normalized spacial score (nSPS) is 17.0. The van der Waals surface area contributed by atoms with Gasteiger partial charge in [-0.2, -0.15) is 74.6 Å².